The lowest BCUT2D eigenvalue weighted by Crippen LogP contribution is -2.35. The number of aryl methyl sites for hydroxylation is 2. The standard InChI is InChI=1S/C24H25N5O2/c1-16-20(13-26-17(2)28-16)31-15-24(19-7-5-4-6-8-19)14-23(24,3)22(30)29-21-10-9-18(11-25)12-27-21/h4-7,9-10,12-13,19H,8,14-15H2,1-3H3,(H,27,29,30)/t19?,23-,24+/m0/s1. The van der Waals surface area contributed by atoms with Gasteiger partial charge >= 0.3 is 0 Å². The van der Waals surface area contributed by atoms with Gasteiger partial charge < -0.3 is 10.1 Å². The molecule has 31 heavy (non-hydrogen) atoms. The first-order valence-electron chi connectivity index (χ1n) is 10.3. The van der Waals surface area contributed by atoms with Gasteiger partial charge in [-0.25, -0.2) is 15.0 Å². The van der Waals surface area contributed by atoms with Gasteiger partial charge in [-0.3, -0.25) is 4.79 Å². The number of amides is 1. The number of nitrogens with zero attached hydrogens (tertiary/aromatic N) is 4. The predicted molar refractivity (Wildman–Crippen MR) is 116 cm³/mol. The van der Waals surface area contributed by atoms with Crippen LogP contribution in [-0.2, 0) is 4.79 Å². The van der Waals surface area contributed by atoms with Crippen molar-refractivity contribution in [1.82, 2.24) is 15.0 Å². The van der Waals surface area contributed by atoms with Crippen LogP contribution >= 0.6 is 0 Å². The molecule has 2 aliphatic rings. The molecule has 1 fully saturated rings. The summed E-state index contributed by atoms with van der Waals surface area (Å²) in [4.78, 5) is 26.1. The minimum Gasteiger partial charge on any atom is -0.489 e. The van der Waals surface area contributed by atoms with Gasteiger partial charge in [0.25, 0.3) is 0 Å². The number of rotatable bonds is 6. The summed E-state index contributed by atoms with van der Waals surface area (Å²) in [5.41, 5.74) is 0.285. The van der Waals surface area contributed by atoms with Gasteiger partial charge in [-0.1, -0.05) is 31.2 Å². The Labute approximate surface area is 181 Å². The van der Waals surface area contributed by atoms with Crippen molar-refractivity contribution in [3.8, 4) is 11.8 Å². The average molecular weight is 415 g/mol. The van der Waals surface area contributed by atoms with Crippen molar-refractivity contribution in [2.45, 2.75) is 33.6 Å². The maximum Gasteiger partial charge on any atom is 0.232 e. The van der Waals surface area contributed by atoms with Crippen LogP contribution in [0.2, 0.25) is 0 Å². The largest absolute Gasteiger partial charge is 0.489 e. The number of nitrogens with one attached hydrogen (secondary N) is 1. The van der Waals surface area contributed by atoms with Crippen molar-refractivity contribution in [2.24, 2.45) is 16.7 Å². The van der Waals surface area contributed by atoms with E-state index in [4.69, 9.17) is 10.00 Å². The molecule has 7 nitrogen and oxygen atoms in total. The van der Waals surface area contributed by atoms with Crippen LogP contribution in [0.1, 0.15) is 36.8 Å². The number of carbonyl (C=O) groups excluding carboxylic acids is 1. The lowest BCUT2D eigenvalue weighted by atomic mass is 9.78. The van der Waals surface area contributed by atoms with Crippen LogP contribution in [0.3, 0.4) is 0 Å². The SMILES string of the molecule is Cc1ncc(OC[C@@]2(C3C=CC=CC3)C[C@@]2(C)C(=O)Nc2ccc(C#N)cn2)c(C)n1. The molecule has 2 heterocycles. The fourth-order valence-corrected chi connectivity index (χ4v) is 4.45. The van der Waals surface area contributed by atoms with E-state index in [1.807, 2.05) is 39.0 Å². The number of anilines is 1. The predicted octanol–water partition coefficient (Wildman–Crippen LogP) is 3.91. The summed E-state index contributed by atoms with van der Waals surface area (Å²) in [5, 5.41) is 11.9. The van der Waals surface area contributed by atoms with Crippen LogP contribution in [0.4, 0.5) is 5.82 Å². The molecule has 158 valence electrons. The Morgan fingerprint density at radius 3 is 2.77 bits per heavy atom. The third kappa shape index (κ3) is 3.81. The third-order valence-electron chi connectivity index (χ3n) is 6.51. The van der Waals surface area contributed by atoms with E-state index in [0.717, 1.165) is 12.1 Å². The molecule has 0 saturated heterocycles. The first-order chi connectivity index (χ1) is 14.9. The van der Waals surface area contributed by atoms with Gasteiger partial charge in [-0.05, 0) is 44.7 Å². The average Bonchev–Trinajstić information content (AvgIpc) is 3.41. The summed E-state index contributed by atoms with van der Waals surface area (Å²) in [6.45, 7) is 6.13. The van der Waals surface area contributed by atoms with E-state index in [2.05, 4.69) is 32.4 Å². The maximum absolute atomic E-state index is 13.3. The van der Waals surface area contributed by atoms with Gasteiger partial charge in [0.05, 0.1) is 29.5 Å². The zero-order chi connectivity index (χ0) is 22.1. The number of nitriles is 1. The summed E-state index contributed by atoms with van der Waals surface area (Å²) < 4.78 is 6.18. The van der Waals surface area contributed by atoms with Crippen LogP contribution in [0, 0.1) is 41.9 Å². The monoisotopic (exact) mass is 415 g/mol. The number of ether oxygens (including phenoxy) is 1. The number of hydrogen-bond acceptors (Lipinski definition) is 6. The minimum atomic E-state index is -0.609. The van der Waals surface area contributed by atoms with Crippen LogP contribution in [0.25, 0.3) is 0 Å². The van der Waals surface area contributed by atoms with Crippen LogP contribution in [0.15, 0.2) is 48.8 Å². The fraction of sp³-hybridized carbons (Fsp3) is 0.375. The Kier molecular flexibility index (Phi) is 5.32. The molecule has 0 spiro atoms. The number of hydrogen-bond donors (Lipinski definition) is 1. The molecule has 4 rings (SSSR count). The highest BCUT2D eigenvalue weighted by atomic mass is 16.5. The zero-order valence-corrected chi connectivity index (χ0v) is 17.9. The van der Waals surface area contributed by atoms with E-state index in [0.29, 0.717) is 36.0 Å². The minimum absolute atomic E-state index is 0.0897. The topological polar surface area (TPSA) is 101 Å². The molecule has 0 bridgehead atoms. The first-order valence-corrected chi connectivity index (χ1v) is 10.3. The summed E-state index contributed by atoms with van der Waals surface area (Å²) >= 11 is 0. The molecular formula is C24H25N5O2. The fourth-order valence-electron chi connectivity index (χ4n) is 4.45. The smallest absolute Gasteiger partial charge is 0.232 e. The number of carbonyl (C=O) groups is 1. The quantitative estimate of drug-likeness (QED) is 0.768. The van der Waals surface area contributed by atoms with Gasteiger partial charge in [0.2, 0.25) is 5.91 Å². The Morgan fingerprint density at radius 2 is 2.13 bits per heavy atom. The molecule has 1 amide bonds. The second-order valence-corrected chi connectivity index (χ2v) is 8.47. The molecule has 0 aliphatic heterocycles. The van der Waals surface area contributed by atoms with Gasteiger partial charge in [0, 0.05) is 11.6 Å². The van der Waals surface area contributed by atoms with E-state index >= 15 is 0 Å². The molecule has 1 saturated carbocycles. The highest BCUT2D eigenvalue weighted by molar-refractivity contribution is 5.97. The molecule has 7 heteroatoms. The van der Waals surface area contributed by atoms with E-state index in [1.54, 1.807) is 18.3 Å². The molecule has 0 radical (unpaired) electrons. The normalized spacial score (nSPS) is 26.2. The third-order valence-corrected chi connectivity index (χ3v) is 6.51. The molecule has 2 aromatic rings. The number of allylic oxidation sites excluding steroid dienone is 4. The Hall–Kier alpha value is -3.53. The maximum atomic E-state index is 13.3. The molecule has 2 aromatic heterocycles. The second-order valence-electron chi connectivity index (χ2n) is 8.47. The van der Waals surface area contributed by atoms with E-state index in [1.165, 1.54) is 6.20 Å². The molecular weight excluding hydrogens is 390 g/mol. The van der Waals surface area contributed by atoms with E-state index in [-0.39, 0.29) is 17.2 Å². The van der Waals surface area contributed by atoms with Crippen LogP contribution in [-0.4, -0.2) is 27.5 Å². The summed E-state index contributed by atoms with van der Waals surface area (Å²) in [6.07, 6.45) is 13.1. The Balaban J connectivity index is 1.55. The van der Waals surface area contributed by atoms with Crippen LogP contribution < -0.4 is 10.1 Å². The lowest BCUT2D eigenvalue weighted by Gasteiger charge is -2.30. The molecule has 2 aliphatic carbocycles. The Morgan fingerprint density at radius 1 is 1.29 bits per heavy atom. The van der Waals surface area contributed by atoms with Crippen molar-refractivity contribution < 1.29 is 9.53 Å². The number of aromatic nitrogens is 3. The molecule has 0 aromatic carbocycles. The van der Waals surface area contributed by atoms with Crippen LogP contribution in [0.5, 0.6) is 5.75 Å². The van der Waals surface area contributed by atoms with Crippen molar-refractivity contribution in [3.63, 3.8) is 0 Å². The molecule has 1 unspecified atom stereocenters. The van der Waals surface area contributed by atoms with Gasteiger partial charge in [0.15, 0.2) is 5.75 Å². The van der Waals surface area contributed by atoms with E-state index in [9.17, 15) is 4.79 Å². The highest BCUT2D eigenvalue weighted by Gasteiger charge is 2.71. The van der Waals surface area contributed by atoms with Gasteiger partial charge in [-0.2, -0.15) is 5.26 Å². The highest BCUT2D eigenvalue weighted by Crippen LogP contribution is 2.69. The van der Waals surface area contributed by atoms with Gasteiger partial charge in [-0.15, -0.1) is 0 Å². The molecule has 3 atom stereocenters. The lowest BCUT2D eigenvalue weighted by molar-refractivity contribution is -0.122. The van der Waals surface area contributed by atoms with Crippen molar-refractivity contribution in [1.29, 1.82) is 5.26 Å². The number of pyridine rings is 1. The summed E-state index contributed by atoms with van der Waals surface area (Å²) in [7, 11) is 0. The first kappa shape index (κ1) is 20.7. The summed E-state index contributed by atoms with van der Waals surface area (Å²) in [5.74, 6) is 1.88. The zero-order valence-electron chi connectivity index (χ0n) is 17.9. The van der Waals surface area contributed by atoms with Crippen molar-refractivity contribution in [2.75, 3.05) is 11.9 Å². The van der Waals surface area contributed by atoms with Crippen molar-refractivity contribution in [3.05, 3.63) is 65.9 Å². The summed E-state index contributed by atoms with van der Waals surface area (Å²) in [6, 6.07) is 5.32. The molecule has 1 N–H and O–H groups in total. The van der Waals surface area contributed by atoms with Gasteiger partial charge in [0.1, 0.15) is 17.7 Å². The van der Waals surface area contributed by atoms with Crippen molar-refractivity contribution >= 4 is 11.7 Å². The second kappa shape index (κ2) is 7.95. The van der Waals surface area contributed by atoms with E-state index < -0.39 is 5.41 Å². The Bertz CT molecular complexity index is 1100.